The molecule has 5 rings (SSSR count). The lowest BCUT2D eigenvalue weighted by Gasteiger charge is -2.20. The molecular weight excluding hydrogens is 404 g/mol. The largest absolute Gasteiger partial charge is 0.508 e. The van der Waals surface area contributed by atoms with Gasteiger partial charge < -0.3 is 25.5 Å². The summed E-state index contributed by atoms with van der Waals surface area (Å²) in [7, 11) is 0. The zero-order valence-corrected chi connectivity index (χ0v) is 17.2. The molecule has 0 heterocycles. The van der Waals surface area contributed by atoms with Gasteiger partial charge >= 0.3 is 0 Å². The van der Waals surface area contributed by atoms with Gasteiger partial charge in [0.15, 0.2) is 0 Å². The highest BCUT2D eigenvalue weighted by Crippen LogP contribution is 2.51. The Hall–Kier alpha value is -4.38. The van der Waals surface area contributed by atoms with Crippen LogP contribution < -0.4 is 0 Å². The molecule has 5 heteroatoms. The van der Waals surface area contributed by atoms with Gasteiger partial charge in [-0.1, -0.05) is 30.3 Å². The fraction of sp³-hybridized carbons (Fsp3) is 0.0370. The zero-order chi connectivity index (χ0) is 22.6. The molecule has 0 aliphatic heterocycles. The monoisotopic (exact) mass is 424 g/mol. The Balaban J connectivity index is 1.99. The van der Waals surface area contributed by atoms with Crippen molar-refractivity contribution in [3.8, 4) is 51.0 Å². The van der Waals surface area contributed by atoms with Crippen LogP contribution in [0.1, 0.15) is 5.56 Å². The van der Waals surface area contributed by atoms with E-state index in [1.807, 2.05) is 6.92 Å². The summed E-state index contributed by atoms with van der Waals surface area (Å²) in [6.45, 7) is 1.85. The fourth-order valence-electron chi connectivity index (χ4n) is 4.39. The highest BCUT2D eigenvalue weighted by Gasteiger charge is 2.23. The summed E-state index contributed by atoms with van der Waals surface area (Å²) in [5.41, 5.74) is 2.36. The van der Waals surface area contributed by atoms with Crippen LogP contribution >= 0.6 is 0 Å². The first-order chi connectivity index (χ1) is 15.3. The molecule has 0 aliphatic carbocycles. The minimum Gasteiger partial charge on any atom is -0.508 e. The van der Waals surface area contributed by atoms with Gasteiger partial charge in [-0.25, -0.2) is 0 Å². The molecule has 0 bridgehead atoms. The first-order valence-corrected chi connectivity index (χ1v) is 10.1. The molecule has 0 fully saturated rings. The van der Waals surface area contributed by atoms with E-state index in [9.17, 15) is 25.5 Å². The standard InChI is InChI=1S/C27H20O5/c1-14-2-9-23(32)27(26-20-13-18(29)8-4-16(20)6-11-22(26)31)24(14)25-19-12-17(28)7-3-15(19)5-10-21(25)30/h2-13,28-32H,1H3. The van der Waals surface area contributed by atoms with E-state index in [1.54, 1.807) is 54.6 Å². The Bertz CT molecular complexity index is 1410. The van der Waals surface area contributed by atoms with Crippen LogP contribution in [0.4, 0.5) is 0 Å². The molecule has 158 valence electrons. The molecule has 0 saturated carbocycles. The Labute approximate surface area is 183 Å². The average molecular weight is 424 g/mol. The maximum absolute atomic E-state index is 11.0. The Morgan fingerprint density at radius 2 is 0.844 bits per heavy atom. The van der Waals surface area contributed by atoms with E-state index in [0.717, 1.165) is 16.3 Å². The molecule has 0 unspecified atom stereocenters. The van der Waals surface area contributed by atoms with Crippen molar-refractivity contribution in [1.29, 1.82) is 0 Å². The molecule has 0 spiro atoms. The van der Waals surface area contributed by atoms with Crippen LogP contribution in [0.15, 0.2) is 72.8 Å². The molecule has 0 amide bonds. The average Bonchev–Trinajstić information content (AvgIpc) is 2.76. The summed E-state index contributed by atoms with van der Waals surface area (Å²) in [5, 5.41) is 55.7. The second kappa shape index (κ2) is 7.10. The molecule has 5 N–H and O–H groups in total. The highest BCUT2D eigenvalue weighted by atomic mass is 16.3. The minimum atomic E-state index is -0.0895. The molecule has 0 atom stereocenters. The van der Waals surface area contributed by atoms with E-state index >= 15 is 0 Å². The van der Waals surface area contributed by atoms with Crippen molar-refractivity contribution in [2.75, 3.05) is 0 Å². The van der Waals surface area contributed by atoms with Crippen molar-refractivity contribution in [2.45, 2.75) is 6.92 Å². The van der Waals surface area contributed by atoms with E-state index in [1.165, 1.54) is 18.2 Å². The minimum absolute atomic E-state index is 0.0240. The van der Waals surface area contributed by atoms with Crippen LogP contribution in [-0.4, -0.2) is 25.5 Å². The van der Waals surface area contributed by atoms with Crippen LogP contribution in [0.3, 0.4) is 0 Å². The van der Waals surface area contributed by atoms with Gasteiger partial charge in [0.05, 0.1) is 0 Å². The van der Waals surface area contributed by atoms with Crippen molar-refractivity contribution in [3.63, 3.8) is 0 Å². The summed E-state index contributed by atoms with van der Waals surface area (Å²) >= 11 is 0. The lowest BCUT2D eigenvalue weighted by atomic mass is 9.85. The van der Waals surface area contributed by atoms with Crippen LogP contribution in [0.25, 0.3) is 43.8 Å². The molecule has 32 heavy (non-hydrogen) atoms. The third-order valence-electron chi connectivity index (χ3n) is 5.86. The number of rotatable bonds is 2. The van der Waals surface area contributed by atoms with Crippen molar-refractivity contribution < 1.29 is 25.5 Å². The molecule has 0 saturated heterocycles. The smallest absolute Gasteiger partial charge is 0.124 e. The molecule has 0 radical (unpaired) electrons. The van der Waals surface area contributed by atoms with E-state index in [-0.39, 0.29) is 28.7 Å². The van der Waals surface area contributed by atoms with Gasteiger partial charge in [0.25, 0.3) is 0 Å². The lowest BCUT2D eigenvalue weighted by Crippen LogP contribution is -1.94. The van der Waals surface area contributed by atoms with Crippen molar-refractivity contribution in [2.24, 2.45) is 0 Å². The van der Waals surface area contributed by atoms with E-state index in [2.05, 4.69) is 0 Å². The molecule has 5 aromatic rings. The number of hydrogen-bond acceptors (Lipinski definition) is 5. The van der Waals surface area contributed by atoms with E-state index in [4.69, 9.17) is 0 Å². The summed E-state index contributed by atoms with van der Waals surface area (Å²) < 4.78 is 0. The lowest BCUT2D eigenvalue weighted by molar-refractivity contribution is 0.468. The Morgan fingerprint density at radius 1 is 0.438 bits per heavy atom. The summed E-state index contributed by atoms with van der Waals surface area (Å²) in [6.07, 6.45) is 0. The van der Waals surface area contributed by atoms with E-state index < -0.39 is 0 Å². The number of phenolic OH excluding ortho intramolecular Hbond substituents is 5. The SMILES string of the molecule is Cc1ccc(O)c(-c2c(O)ccc3ccc(O)cc23)c1-c1c(O)ccc2ccc(O)cc12. The second-order valence-corrected chi connectivity index (χ2v) is 7.88. The van der Waals surface area contributed by atoms with Crippen LogP contribution in [-0.2, 0) is 0 Å². The van der Waals surface area contributed by atoms with Gasteiger partial charge in [0, 0.05) is 22.3 Å². The molecule has 5 aromatic carbocycles. The molecule has 5 nitrogen and oxygen atoms in total. The van der Waals surface area contributed by atoms with Crippen molar-refractivity contribution in [1.82, 2.24) is 0 Å². The summed E-state index contributed by atoms with van der Waals surface area (Å²) in [6, 6.07) is 19.5. The predicted octanol–water partition coefficient (Wildman–Crippen LogP) is 6.16. The predicted molar refractivity (Wildman–Crippen MR) is 125 cm³/mol. The number of aryl methyl sites for hydroxylation is 1. The zero-order valence-electron chi connectivity index (χ0n) is 17.2. The Kier molecular flexibility index (Phi) is 4.34. The molecular formula is C27H20O5. The van der Waals surface area contributed by atoms with Gasteiger partial charge in [-0.15, -0.1) is 0 Å². The number of benzene rings is 5. The number of fused-ring (bicyclic) bond motifs is 2. The normalized spacial score (nSPS) is 11.3. The van der Waals surface area contributed by atoms with Gasteiger partial charge in [-0.05, 0) is 76.5 Å². The number of phenols is 5. The van der Waals surface area contributed by atoms with Crippen LogP contribution in [0.5, 0.6) is 28.7 Å². The highest BCUT2D eigenvalue weighted by molar-refractivity contribution is 6.10. The van der Waals surface area contributed by atoms with Crippen molar-refractivity contribution in [3.05, 3.63) is 78.4 Å². The Morgan fingerprint density at radius 3 is 1.38 bits per heavy atom. The maximum Gasteiger partial charge on any atom is 0.124 e. The fourth-order valence-corrected chi connectivity index (χ4v) is 4.39. The summed E-state index contributed by atoms with van der Waals surface area (Å²) in [4.78, 5) is 0. The quantitative estimate of drug-likeness (QED) is 0.233. The topological polar surface area (TPSA) is 101 Å². The second-order valence-electron chi connectivity index (χ2n) is 7.88. The first kappa shape index (κ1) is 19.6. The maximum atomic E-state index is 11.0. The van der Waals surface area contributed by atoms with Crippen molar-refractivity contribution >= 4 is 21.5 Å². The third-order valence-corrected chi connectivity index (χ3v) is 5.86. The molecule has 0 aliphatic rings. The van der Waals surface area contributed by atoms with Gasteiger partial charge in [-0.3, -0.25) is 0 Å². The number of aromatic hydroxyl groups is 5. The van der Waals surface area contributed by atoms with E-state index in [0.29, 0.717) is 33.0 Å². The van der Waals surface area contributed by atoms with Gasteiger partial charge in [0.1, 0.15) is 28.7 Å². The van der Waals surface area contributed by atoms with Gasteiger partial charge in [-0.2, -0.15) is 0 Å². The third kappa shape index (κ3) is 2.94. The van der Waals surface area contributed by atoms with Crippen LogP contribution in [0, 0.1) is 6.92 Å². The first-order valence-electron chi connectivity index (χ1n) is 10.1. The van der Waals surface area contributed by atoms with Gasteiger partial charge in [0.2, 0.25) is 0 Å². The molecule has 0 aromatic heterocycles. The number of hydrogen-bond donors (Lipinski definition) is 5. The van der Waals surface area contributed by atoms with Crippen LogP contribution in [0.2, 0.25) is 0 Å². The summed E-state index contributed by atoms with van der Waals surface area (Å²) in [5.74, 6) is -0.126.